The molecule has 0 aliphatic carbocycles. The molecule has 1 aliphatic rings. The Labute approximate surface area is 147 Å². The van der Waals surface area contributed by atoms with Crippen molar-refractivity contribution in [2.24, 2.45) is 0 Å². The van der Waals surface area contributed by atoms with Gasteiger partial charge in [-0.2, -0.15) is 0 Å². The fraction of sp³-hybridized carbons (Fsp3) is 0.389. The molecule has 6 heteroatoms. The van der Waals surface area contributed by atoms with Crippen molar-refractivity contribution in [2.45, 2.75) is 24.8 Å². The lowest BCUT2D eigenvalue weighted by Gasteiger charge is -2.30. The van der Waals surface area contributed by atoms with Crippen LogP contribution in [0.1, 0.15) is 17.1 Å². The normalized spacial score (nSPS) is 13.5. The second kappa shape index (κ2) is 7.21. The van der Waals surface area contributed by atoms with Gasteiger partial charge in [0, 0.05) is 37.5 Å². The number of amides is 1. The fourth-order valence-corrected chi connectivity index (χ4v) is 3.68. The van der Waals surface area contributed by atoms with Gasteiger partial charge in [-0.3, -0.25) is 4.79 Å². The SMILES string of the molecule is Cc1nc2c(c(N(C)C)n1)CN(C(=O)CSc1ccccc1)CC2. The number of thioether (sulfide) groups is 1. The molecule has 0 saturated heterocycles. The van der Waals surface area contributed by atoms with E-state index in [0.29, 0.717) is 12.3 Å². The van der Waals surface area contributed by atoms with Crippen molar-refractivity contribution in [1.82, 2.24) is 14.9 Å². The lowest BCUT2D eigenvalue weighted by Crippen LogP contribution is -2.38. The summed E-state index contributed by atoms with van der Waals surface area (Å²) in [7, 11) is 3.96. The summed E-state index contributed by atoms with van der Waals surface area (Å²) in [5.41, 5.74) is 2.15. The quantitative estimate of drug-likeness (QED) is 0.799. The lowest BCUT2D eigenvalue weighted by atomic mass is 10.1. The summed E-state index contributed by atoms with van der Waals surface area (Å²) in [6.07, 6.45) is 0.793. The molecule has 2 aromatic rings. The smallest absolute Gasteiger partial charge is 0.233 e. The molecule has 0 saturated carbocycles. The average Bonchev–Trinajstić information content (AvgIpc) is 2.59. The molecule has 1 aromatic carbocycles. The molecule has 0 unspecified atom stereocenters. The molecule has 0 bridgehead atoms. The van der Waals surface area contributed by atoms with Gasteiger partial charge >= 0.3 is 0 Å². The van der Waals surface area contributed by atoms with E-state index in [-0.39, 0.29) is 5.91 Å². The van der Waals surface area contributed by atoms with Crippen molar-refractivity contribution in [3.63, 3.8) is 0 Å². The third-order valence-corrected chi connectivity index (χ3v) is 5.03. The summed E-state index contributed by atoms with van der Waals surface area (Å²) in [5.74, 6) is 2.34. The number of aryl methyl sites for hydroxylation is 1. The van der Waals surface area contributed by atoms with Crippen LogP contribution in [0.3, 0.4) is 0 Å². The Morgan fingerprint density at radius 3 is 2.71 bits per heavy atom. The summed E-state index contributed by atoms with van der Waals surface area (Å²) < 4.78 is 0. The minimum absolute atomic E-state index is 0.166. The highest BCUT2D eigenvalue weighted by Crippen LogP contribution is 2.26. The maximum Gasteiger partial charge on any atom is 0.233 e. The van der Waals surface area contributed by atoms with Crippen molar-refractivity contribution < 1.29 is 4.79 Å². The van der Waals surface area contributed by atoms with Crippen LogP contribution in [0.5, 0.6) is 0 Å². The average molecular weight is 342 g/mol. The standard InChI is InChI=1S/C18H22N4OS/c1-13-19-16-9-10-22(11-15(16)18(20-13)21(2)3)17(23)12-24-14-7-5-4-6-8-14/h4-8H,9-12H2,1-3H3. The zero-order valence-corrected chi connectivity index (χ0v) is 15.1. The minimum Gasteiger partial charge on any atom is -0.362 e. The van der Waals surface area contributed by atoms with E-state index >= 15 is 0 Å². The molecule has 5 nitrogen and oxygen atoms in total. The number of benzene rings is 1. The van der Waals surface area contributed by atoms with Crippen molar-refractivity contribution in [1.29, 1.82) is 0 Å². The molecule has 1 aliphatic heterocycles. The molecule has 3 rings (SSSR count). The van der Waals surface area contributed by atoms with Gasteiger partial charge in [0.2, 0.25) is 5.91 Å². The Kier molecular flexibility index (Phi) is 5.04. The maximum atomic E-state index is 12.6. The Hall–Kier alpha value is -2.08. The summed E-state index contributed by atoms with van der Waals surface area (Å²) in [4.78, 5) is 26.7. The van der Waals surface area contributed by atoms with Crippen LogP contribution in [-0.2, 0) is 17.8 Å². The fourth-order valence-electron chi connectivity index (χ4n) is 2.85. The van der Waals surface area contributed by atoms with Crippen molar-refractivity contribution >= 4 is 23.5 Å². The number of fused-ring (bicyclic) bond motifs is 1. The molecule has 2 heterocycles. The molecular weight excluding hydrogens is 320 g/mol. The van der Waals surface area contributed by atoms with Crippen molar-refractivity contribution in [3.8, 4) is 0 Å². The summed E-state index contributed by atoms with van der Waals surface area (Å²) >= 11 is 1.58. The molecule has 0 fully saturated rings. The Balaban J connectivity index is 1.71. The van der Waals surface area contributed by atoms with Crippen LogP contribution in [-0.4, -0.2) is 47.2 Å². The van der Waals surface area contributed by atoms with Gasteiger partial charge in [0.15, 0.2) is 0 Å². The topological polar surface area (TPSA) is 49.3 Å². The second-order valence-electron chi connectivity index (χ2n) is 6.08. The van der Waals surface area contributed by atoms with Gasteiger partial charge in [0.1, 0.15) is 11.6 Å². The van der Waals surface area contributed by atoms with E-state index in [1.165, 1.54) is 0 Å². The number of hydrogen-bond acceptors (Lipinski definition) is 5. The van der Waals surface area contributed by atoms with Gasteiger partial charge in [-0.25, -0.2) is 9.97 Å². The third-order valence-electron chi connectivity index (χ3n) is 4.03. The van der Waals surface area contributed by atoms with Crippen LogP contribution in [0.15, 0.2) is 35.2 Å². The first-order valence-corrected chi connectivity index (χ1v) is 9.02. The third kappa shape index (κ3) is 3.70. The predicted molar refractivity (Wildman–Crippen MR) is 97.4 cm³/mol. The monoisotopic (exact) mass is 342 g/mol. The highest BCUT2D eigenvalue weighted by Gasteiger charge is 2.25. The van der Waals surface area contributed by atoms with E-state index in [0.717, 1.165) is 40.8 Å². The summed E-state index contributed by atoms with van der Waals surface area (Å²) in [5, 5.41) is 0. The van der Waals surface area contributed by atoms with E-state index in [1.807, 2.05) is 61.2 Å². The van der Waals surface area contributed by atoms with Crippen LogP contribution in [0.4, 0.5) is 5.82 Å². The molecule has 0 N–H and O–H groups in total. The Bertz CT molecular complexity index is 733. The summed E-state index contributed by atoms with van der Waals surface area (Å²) in [6, 6.07) is 10.0. The number of nitrogens with zero attached hydrogens (tertiary/aromatic N) is 4. The zero-order chi connectivity index (χ0) is 17.1. The largest absolute Gasteiger partial charge is 0.362 e. The van der Waals surface area contributed by atoms with Gasteiger partial charge < -0.3 is 9.80 Å². The van der Waals surface area contributed by atoms with Crippen LogP contribution >= 0.6 is 11.8 Å². The number of aromatic nitrogens is 2. The molecule has 1 amide bonds. The molecule has 0 atom stereocenters. The Morgan fingerprint density at radius 2 is 2.00 bits per heavy atom. The Morgan fingerprint density at radius 1 is 1.25 bits per heavy atom. The number of rotatable bonds is 4. The van der Waals surface area contributed by atoms with E-state index in [9.17, 15) is 4.79 Å². The van der Waals surface area contributed by atoms with Gasteiger partial charge in [-0.15, -0.1) is 11.8 Å². The number of hydrogen-bond donors (Lipinski definition) is 0. The van der Waals surface area contributed by atoms with Crippen LogP contribution in [0, 0.1) is 6.92 Å². The number of carbonyl (C=O) groups is 1. The first-order chi connectivity index (χ1) is 11.5. The van der Waals surface area contributed by atoms with Crippen molar-refractivity contribution in [3.05, 3.63) is 47.4 Å². The minimum atomic E-state index is 0.166. The molecule has 24 heavy (non-hydrogen) atoms. The highest BCUT2D eigenvalue weighted by molar-refractivity contribution is 8.00. The van der Waals surface area contributed by atoms with E-state index in [4.69, 9.17) is 0 Å². The zero-order valence-electron chi connectivity index (χ0n) is 14.3. The first kappa shape index (κ1) is 16.8. The summed E-state index contributed by atoms with van der Waals surface area (Å²) in [6.45, 7) is 3.24. The maximum absolute atomic E-state index is 12.6. The van der Waals surface area contributed by atoms with Crippen molar-refractivity contribution in [2.75, 3.05) is 31.3 Å². The molecular formula is C18H22N4OS. The van der Waals surface area contributed by atoms with Gasteiger partial charge in [-0.05, 0) is 19.1 Å². The predicted octanol–water partition coefficient (Wildman–Crippen LogP) is 2.53. The number of carbonyl (C=O) groups excluding carboxylic acids is 1. The molecule has 126 valence electrons. The van der Waals surface area contributed by atoms with Crippen LogP contribution in [0.2, 0.25) is 0 Å². The van der Waals surface area contributed by atoms with Gasteiger partial charge in [-0.1, -0.05) is 18.2 Å². The van der Waals surface area contributed by atoms with Crippen LogP contribution < -0.4 is 4.90 Å². The molecule has 1 aromatic heterocycles. The second-order valence-corrected chi connectivity index (χ2v) is 7.13. The first-order valence-electron chi connectivity index (χ1n) is 8.04. The van der Waals surface area contributed by atoms with E-state index < -0.39 is 0 Å². The van der Waals surface area contributed by atoms with E-state index in [2.05, 4.69) is 9.97 Å². The van der Waals surface area contributed by atoms with Gasteiger partial charge in [0.25, 0.3) is 0 Å². The highest BCUT2D eigenvalue weighted by atomic mass is 32.2. The van der Waals surface area contributed by atoms with E-state index in [1.54, 1.807) is 11.8 Å². The lowest BCUT2D eigenvalue weighted by molar-refractivity contribution is -0.129. The van der Waals surface area contributed by atoms with Gasteiger partial charge in [0.05, 0.1) is 18.0 Å². The molecule has 0 radical (unpaired) electrons. The number of anilines is 1. The van der Waals surface area contributed by atoms with Crippen LogP contribution in [0.25, 0.3) is 0 Å². The molecule has 0 spiro atoms.